The molecule has 1 unspecified atom stereocenters. The zero-order valence-electron chi connectivity index (χ0n) is 19.1. The highest BCUT2D eigenvalue weighted by atomic mass is 35.5. The molecular weight excluding hydrogens is 505 g/mol. The van der Waals surface area contributed by atoms with Gasteiger partial charge in [-0.2, -0.15) is 8.42 Å². The van der Waals surface area contributed by atoms with E-state index in [9.17, 15) is 17.8 Å². The lowest BCUT2D eigenvalue weighted by molar-refractivity contribution is 0.0781. The van der Waals surface area contributed by atoms with Gasteiger partial charge in [0.2, 0.25) is 5.75 Å². The van der Waals surface area contributed by atoms with Crippen LogP contribution in [0.2, 0.25) is 10.0 Å². The number of hydrogen-bond donors (Lipinski definition) is 1. The Morgan fingerprint density at radius 2 is 1.71 bits per heavy atom. The zero-order valence-corrected chi connectivity index (χ0v) is 21.5. The molecule has 34 heavy (non-hydrogen) atoms. The number of methoxy groups -OCH3 is 3. The van der Waals surface area contributed by atoms with E-state index >= 15 is 0 Å². The van der Waals surface area contributed by atoms with Crippen molar-refractivity contribution in [3.05, 3.63) is 51.5 Å². The van der Waals surface area contributed by atoms with E-state index in [0.717, 1.165) is 5.56 Å². The minimum absolute atomic E-state index is 0.226. The maximum atomic E-state index is 13.4. The first kappa shape index (κ1) is 26.4. The van der Waals surface area contributed by atoms with Crippen LogP contribution in [-0.4, -0.2) is 63.9 Å². The maximum absolute atomic E-state index is 13.4. The van der Waals surface area contributed by atoms with Gasteiger partial charge in [-0.1, -0.05) is 29.3 Å². The van der Waals surface area contributed by atoms with E-state index in [4.69, 9.17) is 37.4 Å². The molecule has 1 saturated heterocycles. The molecular formula is C23H27Cl2NO7S. The van der Waals surface area contributed by atoms with Crippen LogP contribution in [0.3, 0.4) is 0 Å². The Morgan fingerprint density at radius 3 is 2.24 bits per heavy atom. The normalized spacial score (nSPS) is 18.1. The maximum Gasteiger partial charge on any atom is 0.264 e. The number of carbonyl (C=O) groups excluding carboxylic acids is 1. The molecule has 0 spiro atoms. The fourth-order valence-corrected chi connectivity index (χ4v) is 5.24. The molecule has 2 aromatic carbocycles. The molecule has 1 aliphatic heterocycles. The van der Waals surface area contributed by atoms with Crippen LogP contribution >= 0.6 is 23.2 Å². The van der Waals surface area contributed by atoms with Crippen LogP contribution < -0.4 is 14.2 Å². The average Bonchev–Trinajstić information content (AvgIpc) is 3.23. The summed E-state index contributed by atoms with van der Waals surface area (Å²) in [6.07, 6.45) is 1.25. The first-order valence-electron chi connectivity index (χ1n) is 10.5. The molecule has 0 radical (unpaired) electrons. The number of halogens is 2. The van der Waals surface area contributed by atoms with Gasteiger partial charge in [-0.3, -0.25) is 9.35 Å². The number of amides is 1. The first-order valence-corrected chi connectivity index (χ1v) is 12.9. The molecule has 8 nitrogen and oxygen atoms in total. The topological polar surface area (TPSA) is 102 Å². The predicted octanol–water partition coefficient (Wildman–Crippen LogP) is 4.47. The lowest BCUT2D eigenvalue weighted by Gasteiger charge is -2.30. The molecule has 1 N–H and O–H groups in total. The predicted molar refractivity (Wildman–Crippen MR) is 130 cm³/mol. The minimum atomic E-state index is -4.10. The van der Waals surface area contributed by atoms with Gasteiger partial charge in [0.1, 0.15) is 0 Å². The third-order valence-electron chi connectivity index (χ3n) is 6.14. The highest BCUT2D eigenvalue weighted by Crippen LogP contribution is 2.43. The van der Waals surface area contributed by atoms with Gasteiger partial charge in [-0.25, -0.2) is 0 Å². The van der Waals surface area contributed by atoms with E-state index in [0.29, 0.717) is 58.8 Å². The third kappa shape index (κ3) is 5.71. The number of benzene rings is 2. The molecule has 0 bridgehead atoms. The summed E-state index contributed by atoms with van der Waals surface area (Å²) in [6, 6.07) is 8.48. The van der Waals surface area contributed by atoms with E-state index in [-0.39, 0.29) is 18.1 Å². The van der Waals surface area contributed by atoms with Crippen LogP contribution in [0, 0.1) is 0 Å². The molecule has 0 saturated carbocycles. The van der Waals surface area contributed by atoms with Crippen molar-refractivity contribution in [2.75, 3.05) is 40.2 Å². The number of rotatable bonds is 9. The van der Waals surface area contributed by atoms with Crippen LogP contribution in [0.5, 0.6) is 17.2 Å². The number of nitrogens with zero attached hydrogens (tertiary/aromatic N) is 1. The van der Waals surface area contributed by atoms with Gasteiger partial charge in [0.25, 0.3) is 16.0 Å². The summed E-state index contributed by atoms with van der Waals surface area (Å²) in [6.45, 7) is 0.785. The van der Waals surface area contributed by atoms with E-state index in [1.54, 1.807) is 29.2 Å². The standard InChI is InChI=1S/C23H27Cl2NO7S/c1-31-19-11-15(12-20(32-2)21(19)33-3)22(27)26-9-8-23(14-26,7-4-10-34(28,29)30)16-5-6-17(24)18(25)13-16/h5-6,11-13H,4,7-10,14H2,1-3H3,(H,28,29,30). The van der Waals surface area contributed by atoms with Gasteiger partial charge in [0.05, 0.1) is 37.1 Å². The monoisotopic (exact) mass is 531 g/mol. The van der Waals surface area contributed by atoms with Crippen molar-refractivity contribution in [3.63, 3.8) is 0 Å². The Balaban J connectivity index is 1.93. The third-order valence-corrected chi connectivity index (χ3v) is 7.69. The highest BCUT2D eigenvalue weighted by Gasteiger charge is 2.42. The van der Waals surface area contributed by atoms with E-state index in [2.05, 4.69) is 0 Å². The molecule has 3 rings (SSSR count). The van der Waals surface area contributed by atoms with Crippen molar-refractivity contribution < 1.29 is 32.0 Å². The second kappa shape index (κ2) is 10.6. The molecule has 1 heterocycles. The summed E-state index contributed by atoms with van der Waals surface area (Å²) in [4.78, 5) is 15.2. The van der Waals surface area contributed by atoms with Crippen LogP contribution in [0.25, 0.3) is 0 Å². The van der Waals surface area contributed by atoms with Crippen molar-refractivity contribution >= 4 is 39.2 Å². The lowest BCUT2D eigenvalue weighted by Crippen LogP contribution is -2.35. The molecule has 0 aliphatic carbocycles. The van der Waals surface area contributed by atoms with Gasteiger partial charge >= 0.3 is 0 Å². The molecule has 1 atom stereocenters. The fraction of sp³-hybridized carbons (Fsp3) is 0.435. The van der Waals surface area contributed by atoms with Gasteiger partial charge in [-0.15, -0.1) is 0 Å². The number of carbonyl (C=O) groups is 1. The van der Waals surface area contributed by atoms with Crippen LogP contribution in [0.4, 0.5) is 0 Å². The largest absolute Gasteiger partial charge is 0.493 e. The average molecular weight is 532 g/mol. The summed E-state index contributed by atoms with van der Waals surface area (Å²) in [5.41, 5.74) is 0.685. The van der Waals surface area contributed by atoms with E-state index in [1.165, 1.54) is 21.3 Å². The second-order valence-electron chi connectivity index (χ2n) is 8.19. The Bertz CT molecular complexity index is 1150. The SMILES string of the molecule is COc1cc(C(=O)N2CCC(CCCS(=O)(=O)O)(c3ccc(Cl)c(Cl)c3)C2)cc(OC)c1OC. The fourth-order valence-electron chi connectivity index (χ4n) is 4.44. The zero-order chi connectivity index (χ0) is 25.1. The smallest absolute Gasteiger partial charge is 0.264 e. The summed E-state index contributed by atoms with van der Waals surface area (Å²) in [7, 11) is 0.341. The van der Waals surface area contributed by atoms with Crippen molar-refractivity contribution in [2.45, 2.75) is 24.7 Å². The Morgan fingerprint density at radius 1 is 1.06 bits per heavy atom. The number of ether oxygens (including phenoxy) is 3. The quantitative estimate of drug-likeness (QED) is 0.476. The van der Waals surface area contributed by atoms with Gasteiger partial charge < -0.3 is 19.1 Å². The van der Waals surface area contributed by atoms with Crippen molar-refractivity contribution in [3.8, 4) is 17.2 Å². The van der Waals surface area contributed by atoms with Crippen molar-refractivity contribution in [1.82, 2.24) is 4.90 Å². The van der Waals surface area contributed by atoms with Gasteiger partial charge in [-0.05, 0) is 49.1 Å². The summed E-state index contributed by atoms with van der Waals surface area (Å²) >= 11 is 12.4. The Hall–Kier alpha value is -2.20. The Labute approximate surface area is 209 Å². The lowest BCUT2D eigenvalue weighted by atomic mass is 9.76. The van der Waals surface area contributed by atoms with E-state index in [1.807, 2.05) is 6.07 Å². The molecule has 11 heteroatoms. The molecule has 1 fully saturated rings. The molecule has 1 aliphatic rings. The summed E-state index contributed by atoms with van der Waals surface area (Å²) < 4.78 is 47.9. The highest BCUT2D eigenvalue weighted by molar-refractivity contribution is 7.85. The minimum Gasteiger partial charge on any atom is -0.493 e. The van der Waals surface area contributed by atoms with Crippen LogP contribution in [0.15, 0.2) is 30.3 Å². The van der Waals surface area contributed by atoms with E-state index < -0.39 is 15.5 Å². The van der Waals surface area contributed by atoms with Crippen molar-refractivity contribution in [1.29, 1.82) is 0 Å². The van der Waals surface area contributed by atoms with Gasteiger partial charge in [0.15, 0.2) is 11.5 Å². The summed E-state index contributed by atoms with van der Waals surface area (Å²) in [5.74, 6) is 0.535. The summed E-state index contributed by atoms with van der Waals surface area (Å²) in [5, 5.41) is 0.782. The number of hydrogen-bond acceptors (Lipinski definition) is 6. The van der Waals surface area contributed by atoms with Crippen molar-refractivity contribution in [2.24, 2.45) is 0 Å². The number of likely N-dealkylation sites (tertiary alicyclic amines) is 1. The molecule has 2 aromatic rings. The molecule has 1 amide bonds. The van der Waals surface area contributed by atoms with Gasteiger partial charge in [0, 0.05) is 24.1 Å². The molecule has 0 aromatic heterocycles. The Kier molecular flexibility index (Phi) is 8.23. The van der Waals surface area contributed by atoms with Crippen LogP contribution in [0.1, 0.15) is 35.2 Å². The first-order chi connectivity index (χ1) is 16.0. The van der Waals surface area contributed by atoms with Crippen LogP contribution in [-0.2, 0) is 15.5 Å². The molecule has 186 valence electrons. The second-order valence-corrected chi connectivity index (χ2v) is 10.6.